The van der Waals surface area contributed by atoms with Gasteiger partial charge in [0.15, 0.2) is 11.2 Å². The van der Waals surface area contributed by atoms with Crippen molar-refractivity contribution < 1.29 is 22.6 Å². The fourth-order valence-electron chi connectivity index (χ4n) is 1.48. The van der Waals surface area contributed by atoms with Crippen LogP contribution in [0.25, 0.3) is 0 Å². The van der Waals surface area contributed by atoms with Gasteiger partial charge in [-0.15, -0.1) is 11.3 Å². The van der Waals surface area contributed by atoms with Crippen molar-refractivity contribution in [2.75, 3.05) is 40.5 Å². The van der Waals surface area contributed by atoms with Gasteiger partial charge in [0.05, 0.1) is 18.1 Å². The molecule has 0 unspecified atom stereocenters. The fraction of sp³-hybridized carbons (Fsp3) is 0.727. The number of hydrogen-bond acceptors (Lipinski definition) is 5. The lowest BCUT2D eigenvalue weighted by atomic mass is 10.3. The summed E-state index contributed by atoms with van der Waals surface area (Å²) in [6, 6.07) is 0. The number of alkyl halides is 3. The molecule has 1 heterocycles. The van der Waals surface area contributed by atoms with Gasteiger partial charge >= 0.3 is 6.18 Å². The molecule has 1 rings (SSSR count). The fourth-order valence-corrected chi connectivity index (χ4v) is 2.23. The van der Waals surface area contributed by atoms with Crippen LogP contribution in [0.3, 0.4) is 0 Å². The quantitative estimate of drug-likeness (QED) is 0.735. The van der Waals surface area contributed by atoms with Gasteiger partial charge in [-0.05, 0) is 0 Å². The maximum Gasteiger partial charge on any atom is 0.434 e. The number of rotatable bonds is 8. The minimum absolute atomic E-state index is 0.166. The second kappa shape index (κ2) is 7.78. The Morgan fingerprint density at radius 1 is 1.21 bits per heavy atom. The molecule has 0 bridgehead atoms. The zero-order valence-electron chi connectivity index (χ0n) is 10.8. The number of halogens is 3. The molecule has 109 valence electrons. The van der Waals surface area contributed by atoms with Gasteiger partial charge in [0.25, 0.3) is 0 Å². The molecule has 4 nitrogen and oxygen atoms in total. The number of methoxy groups -OCH3 is 2. The summed E-state index contributed by atoms with van der Waals surface area (Å²) < 4.78 is 48.0. The summed E-state index contributed by atoms with van der Waals surface area (Å²) in [5.74, 6) is 0. The van der Waals surface area contributed by atoms with Crippen molar-refractivity contribution in [1.29, 1.82) is 0 Å². The first-order chi connectivity index (χ1) is 8.99. The minimum atomic E-state index is -4.43. The Kier molecular flexibility index (Phi) is 6.70. The molecular weight excluding hydrogens is 281 g/mol. The first-order valence-electron chi connectivity index (χ1n) is 5.62. The van der Waals surface area contributed by atoms with E-state index in [1.165, 1.54) is 0 Å². The average Bonchev–Trinajstić information content (AvgIpc) is 2.80. The molecule has 0 spiro atoms. The van der Waals surface area contributed by atoms with Crippen LogP contribution in [0.15, 0.2) is 0 Å². The SMILES string of the molecule is COCCN(CCOC)Cc1s[c]nc1C(F)(F)F. The van der Waals surface area contributed by atoms with Gasteiger partial charge in [-0.2, -0.15) is 13.2 Å². The second-order valence-electron chi connectivity index (χ2n) is 3.84. The van der Waals surface area contributed by atoms with Gasteiger partial charge in [-0.3, -0.25) is 4.90 Å². The van der Waals surface area contributed by atoms with E-state index >= 15 is 0 Å². The van der Waals surface area contributed by atoms with E-state index in [0.29, 0.717) is 26.3 Å². The average molecular weight is 297 g/mol. The third-order valence-electron chi connectivity index (χ3n) is 2.45. The molecule has 0 saturated carbocycles. The lowest BCUT2D eigenvalue weighted by Crippen LogP contribution is -2.30. The number of hydrogen-bond donors (Lipinski definition) is 0. The summed E-state index contributed by atoms with van der Waals surface area (Å²) in [5, 5.41) is 0. The zero-order valence-corrected chi connectivity index (χ0v) is 11.6. The van der Waals surface area contributed by atoms with Crippen LogP contribution < -0.4 is 0 Å². The van der Waals surface area contributed by atoms with E-state index in [2.05, 4.69) is 10.5 Å². The lowest BCUT2D eigenvalue weighted by Gasteiger charge is -2.21. The molecule has 1 radical (unpaired) electrons. The zero-order chi connectivity index (χ0) is 14.3. The largest absolute Gasteiger partial charge is 0.434 e. The molecular formula is C11H16F3N2O2S. The summed E-state index contributed by atoms with van der Waals surface area (Å²) in [6.45, 7) is 2.15. The smallest absolute Gasteiger partial charge is 0.383 e. The van der Waals surface area contributed by atoms with E-state index in [1.54, 1.807) is 14.2 Å². The molecule has 19 heavy (non-hydrogen) atoms. The normalized spacial score (nSPS) is 12.3. The number of aromatic nitrogens is 1. The number of ether oxygens (including phenoxy) is 2. The summed E-state index contributed by atoms with van der Waals surface area (Å²) in [5.41, 5.74) is 1.46. The van der Waals surface area contributed by atoms with E-state index < -0.39 is 11.9 Å². The van der Waals surface area contributed by atoms with Crippen molar-refractivity contribution >= 4 is 11.3 Å². The highest BCUT2D eigenvalue weighted by atomic mass is 32.1. The van der Waals surface area contributed by atoms with Crippen LogP contribution in [-0.2, 0) is 22.2 Å². The van der Waals surface area contributed by atoms with Crippen molar-refractivity contribution in [1.82, 2.24) is 9.88 Å². The molecule has 1 aromatic heterocycles. The van der Waals surface area contributed by atoms with Crippen LogP contribution in [0.2, 0.25) is 0 Å². The van der Waals surface area contributed by atoms with Gasteiger partial charge in [-0.25, -0.2) is 4.98 Å². The molecule has 0 amide bonds. The van der Waals surface area contributed by atoms with E-state index in [1.807, 2.05) is 4.90 Å². The highest BCUT2D eigenvalue weighted by molar-refractivity contribution is 7.09. The Balaban J connectivity index is 2.69. The predicted octanol–water partition coefficient (Wildman–Crippen LogP) is 2.06. The molecule has 0 N–H and O–H groups in total. The van der Waals surface area contributed by atoms with Gasteiger partial charge in [0, 0.05) is 33.9 Å². The Bertz CT molecular complexity index is 363. The van der Waals surface area contributed by atoms with Crippen molar-refractivity contribution in [3.8, 4) is 0 Å². The summed E-state index contributed by atoms with van der Waals surface area (Å²) in [4.78, 5) is 5.28. The first-order valence-corrected chi connectivity index (χ1v) is 6.43. The Hall–Kier alpha value is -0.700. The highest BCUT2D eigenvalue weighted by Crippen LogP contribution is 2.32. The van der Waals surface area contributed by atoms with Crippen LogP contribution in [-0.4, -0.2) is 50.4 Å². The van der Waals surface area contributed by atoms with E-state index in [0.717, 1.165) is 11.3 Å². The summed E-state index contributed by atoms with van der Waals surface area (Å²) in [7, 11) is 3.10. The van der Waals surface area contributed by atoms with Crippen molar-refractivity contribution in [2.45, 2.75) is 12.7 Å². The minimum Gasteiger partial charge on any atom is -0.383 e. The van der Waals surface area contributed by atoms with Crippen molar-refractivity contribution in [2.24, 2.45) is 0 Å². The predicted molar refractivity (Wildman–Crippen MR) is 65.0 cm³/mol. The molecule has 1 aromatic rings. The van der Waals surface area contributed by atoms with Crippen LogP contribution in [0.1, 0.15) is 10.6 Å². The monoisotopic (exact) mass is 297 g/mol. The third-order valence-corrected chi connectivity index (χ3v) is 3.20. The Morgan fingerprint density at radius 2 is 1.79 bits per heavy atom. The Labute approximate surface area is 114 Å². The van der Waals surface area contributed by atoms with Gasteiger partial charge in [-0.1, -0.05) is 0 Å². The first kappa shape index (κ1) is 16.4. The molecule has 0 fully saturated rings. The second-order valence-corrected chi connectivity index (χ2v) is 4.72. The molecule has 0 aliphatic heterocycles. The topological polar surface area (TPSA) is 34.6 Å². The maximum absolute atomic E-state index is 12.7. The van der Waals surface area contributed by atoms with Crippen molar-refractivity contribution in [3.05, 3.63) is 16.1 Å². The Morgan fingerprint density at radius 3 is 2.26 bits per heavy atom. The van der Waals surface area contributed by atoms with Crippen LogP contribution in [0, 0.1) is 5.51 Å². The van der Waals surface area contributed by atoms with Gasteiger partial charge < -0.3 is 9.47 Å². The molecule has 0 aliphatic carbocycles. The molecule has 8 heteroatoms. The van der Waals surface area contributed by atoms with Gasteiger partial charge in [0.1, 0.15) is 0 Å². The van der Waals surface area contributed by atoms with E-state index in [4.69, 9.17) is 9.47 Å². The van der Waals surface area contributed by atoms with Crippen LogP contribution in [0.5, 0.6) is 0 Å². The standard InChI is InChI=1S/C11H16F3N2O2S/c1-17-5-3-16(4-6-18-2)7-9-10(11(12,13)14)15-8-19-9/h3-7H2,1-2H3. The van der Waals surface area contributed by atoms with Gasteiger partial charge in [0.2, 0.25) is 0 Å². The van der Waals surface area contributed by atoms with Crippen molar-refractivity contribution in [3.63, 3.8) is 0 Å². The summed E-state index contributed by atoms with van der Waals surface area (Å²) >= 11 is 0.892. The number of nitrogens with zero attached hydrogens (tertiary/aromatic N) is 2. The molecule has 0 saturated heterocycles. The summed E-state index contributed by atoms with van der Waals surface area (Å²) in [6.07, 6.45) is -4.43. The van der Waals surface area contributed by atoms with E-state index in [9.17, 15) is 13.2 Å². The lowest BCUT2D eigenvalue weighted by molar-refractivity contribution is -0.141. The maximum atomic E-state index is 12.7. The van der Waals surface area contributed by atoms with Crippen LogP contribution in [0.4, 0.5) is 13.2 Å². The number of thiazole rings is 1. The molecule has 0 atom stereocenters. The third kappa shape index (κ3) is 5.43. The molecule has 0 aliphatic rings. The molecule has 0 aromatic carbocycles. The highest BCUT2D eigenvalue weighted by Gasteiger charge is 2.36. The van der Waals surface area contributed by atoms with E-state index in [-0.39, 0.29) is 11.4 Å². The van der Waals surface area contributed by atoms with Crippen LogP contribution >= 0.6 is 11.3 Å².